The Morgan fingerprint density at radius 3 is 2.48 bits per heavy atom. The fourth-order valence-electron chi connectivity index (χ4n) is 4.16. The van der Waals surface area contributed by atoms with Gasteiger partial charge in [0.1, 0.15) is 0 Å². The molecular formula is C25H27NO. The number of ketones is 1. The first-order valence-corrected chi connectivity index (χ1v) is 10.1. The Morgan fingerprint density at radius 2 is 1.74 bits per heavy atom. The number of nitrogens with zero attached hydrogens (tertiary/aromatic N) is 1. The maximum Gasteiger partial charge on any atom is 0.185 e. The topological polar surface area (TPSA) is 20.3 Å². The molecule has 138 valence electrons. The van der Waals surface area contributed by atoms with Crippen molar-refractivity contribution in [3.63, 3.8) is 0 Å². The summed E-state index contributed by atoms with van der Waals surface area (Å²) in [7, 11) is 0. The number of allylic oxidation sites excluding steroid dienone is 4. The van der Waals surface area contributed by atoms with Gasteiger partial charge in [0.05, 0.1) is 0 Å². The SMILES string of the molecule is CCc1ccc(C(=O)C=CC2=C(N3CCCCC3)Cc3ccccc32)cc1. The van der Waals surface area contributed by atoms with E-state index in [0.717, 1.165) is 31.5 Å². The van der Waals surface area contributed by atoms with Gasteiger partial charge in [-0.2, -0.15) is 0 Å². The molecule has 0 unspecified atom stereocenters. The normalized spacial score (nSPS) is 16.9. The lowest BCUT2D eigenvalue weighted by molar-refractivity contribution is 0.104. The molecule has 0 radical (unpaired) electrons. The van der Waals surface area contributed by atoms with Crippen LogP contribution in [0.1, 0.15) is 53.2 Å². The minimum Gasteiger partial charge on any atom is -0.374 e. The molecule has 1 aliphatic heterocycles. The second kappa shape index (κ2) is 7.96. The van der Waals surface area contributed by atoms with Gasteiger partial charge >= 0.3 is 0 Å². The van der Waals surface area contributed by atoms with E-state index >= 15 is 0 Å². The number of likely N-dealkylation sites (tertiary alicyclic amines) is 1. The largest absolute Gasteiger partial charge is 0.374 e. The van der Waals surface area contributed by atoms with E-state index in [1.165, 1.54) is 47.2 Å². The van der Waals surface area contributed by atoms with Gasteiger partial charge in [-0.1, -0.05) is 55.5 Å². The summed E-state index contributed by atoms with van der Waals surface area (Å²) in [5.41, 5.74) is 7.29. The molecule has 2 aliphatic rings. The molecule has 0 saturated carbocycles. The quantitative estimate of drug-likeness (QED) is 0.524. The van der Waals surface area contributed by atoms with Crippen molar-refractivity contribution in [3.8, 4) is 0 Å². The van der Waals surface area contributed by atoms with Crippen LogP contribution in [0.25, 0.3) is 5.57 Å². The Labute approximate surface area is 162 Å². The van der Waals surface area contributed by atoms with Crippen molar-refractivity contribution in [2.45, 2.75) is 39.0 Å². The average Bonchev–Trinajstić information content (AvgIpc) is 3.11. The van der Waals surface area contributed by atoms with Crippen molar-refractivity contribution in [1.82, 2.24) is 4.90 Å². The van der Waals surface area contributed by atoms with Crippen LogP contribution >= 0.6 is 0 Å². The molecule has 0 aromatic heterocycles. The van der Waals surface area contributed by atoms with Crippen LogP contribution in [0, 0.1) is 0 Å². The number of aryl methyl sites for hydroxylation is 1. The summed E-state index contributed by atoms with van der Waals surface area (Å²) in [6.07, 6.45) is 9.63. The number of fused-ring (bicyclic) bond motifs is 1. The summed E-state index contributed by atoms with van der Waals surface area (Å²) in [4.78, 5) is 15.2. The number of hydrogen-bond donors (Lipinski definition) is 0. The number of rotatable bonds is 5. The van der Waals surface area contributed by atoms with Crippen LogP contribution in [0.3, 0.4) is 0 Å². The molecule has 1 fully saturated rings. The number of carbonyl (C=O) groups excluding carboxylic acids is 1. The van der Waals surface area contributed by atoms with E-state index in [-0.39, 0.29) is 5.78 Å². The molecular weight excluding hydrogens is 330 g/mol. The van der Waals surface area contributed by atoms with E-state index in [0.29, 0.717) is 0 Å². The lowest BCUT2D eigenvalue weighted by Gasteiger charge is -2.30. The third kappa shape index (κ3) is 3.75. The second-order valence-corrected chi connectivity index (χ2v) is 7.49. The van der Waals surface area contributed by atoms with Gasteiger partial charge in [-0.05, 0) is 54.5 Å². The second-order valence-electron chi connectivity index (χ2n) is 7.49. The van der Waals surface area contributed by atoms with Crippen LogP contribution in [0.5, 0.6) is 0 Å². The van der Waals surface area contributed by atoms with E-state index in [4.69, 9.17) is 0 Å². The summed E-state index contributed by atoms with van der Waals surface area (Å²) >= 11 is 0. The smallest absolute Gasteiger partial charge is 0.185 e. The molecule has 27 heavy (non-hydrogen) atoms. The van der Waals surface area contributed by atoms with Gasteiger partial charge in [0, 0.05) is 36.3 Å². The van der Waals surface area contributed by atoms with E-state index in [2.05, 4.69) is 36.1 Å². The van der Waals surface area contributed by atoms with Gasteiger partial charge in [-0.3, -0.25) is 4.79 Å². The minimum atomic E-state index is 0.0764. The molecule has 1 heterocycles. The van der Waals surface area contributed by atoms with Gasteiger partial charge in [0.15, 0.2) is 5.78 Å². The highest BCUT2D eigenvalue weighted by molar-refractivity contribution is 6.06. The molecule has 0 bridgehead atoms. The molecule has 2 aromatic rings. The summed E-state index contributed by atoms with van der Waals surface area (Å²) in [6.45, 7) is 4.39. The maximum atomic E-state index is 12.7. The first-order valence-electron chi connectivity index (χ1n) is 10.1. The van der Waals surface area contributed by atoms with E-state index < -0.39 is 0 Å². The predicted octanol–water partition coefficient (Wildman–Crippen LogP) is 5.44. The average molecular weight is 357 g/mol. The minimum absolute atomic E-state index is 0.0764. The summed E-state index contributed by atoms with van der Waals surface area (Å²) in [6, 6.07) is 16.6. The Hall–Kier alpha value is -2.61. The van der Waals surface area contributed by atoms with Crippen molar-refractivity contribution in [2.24, 2.45) is 0 Å². The fraction of sp³-hybridized carbons (Fsp3) is 0.320. The van der Waals surface area contributed by atoms with Crippen LogP contribution in [-0.2, 0) is 12.8 Å². The van der Waals surface area contributed by atoms with Crippen LogP contribution in [0.4, 0.5) is 0 Å². The molecule has 2 heteroatoms. The van der Waals surface area contributed by atoms with Gasteiger partial charge in [-0.25, -0.2) is 0 Å². The first kappa shape index (κ1) is 17.8. The monoisotopic (exact) mass is 357 g/mol. The van der Waals surface area contributed by atoms with Crippen molar-refractivity contribution in [1.29, 1.82) is 0 Å². The van der Waals surface area contributed by atoms with Crippen LogP contribution in [-0.4, -0.2) is 23.8 Å². The van der Waals surface area contributed by atoms with Crippen molar-refractivity contribution in [2.75, 3.05) is 13.1 Å². The van der Waals surface area contributed by atoms with E-state index in [1.54, 1.807) is 6.08 Å². The Balaban J connectivity index is 1.62. The van der Waals surface area contributed by atoms with Crippen LogP contribution in [0.2, 0.25) is 0 Å². The maximum absolute atomic E-state index is 12.7. The Kier molecular flexibility index (Phi) is 5.24. The van der Waals surface area contributed by atoms with Crippen molar-refractivity contribution < 1.29 is 4.79 Å². The zero-order valence-corrected chi connectivity index (χ0v) is 16.1. The molecule has 1 aliphatic carbocycles. The predicted molar refractivity (Wildman–Crippen MR) is 112 cm³/mol. The molecule has 0 N–H and O–H groups in total. The van der Waals surface area contributed by atoms with Crippen LogP contribution < -0.4 is 0 Å². The summed E-state index contributed by atoms with van der Waals surface area (Å²) in [5, 5.41) is 0. The molecule has 2 aromatic carbocycles. The Morgan fingerprint density at radius 1 is 1.00 bits per heavy atom. The van der Waals surface area contributed by atoms with Gasteiger partial charge in [0.25, 0.3) is 0 Å². The highest BCUT2D eigenvalue weighted by Gasteiger charge is 2.24. The highest BCUT2D eigenvalue weighted by Crippen LogP contribution is 2.36. The third-order valence-electron chi connectivity index (χ3n) is 5.76. The first-order chi connectivity index (χ1) is 13.3. The number of hydrogen-bond acceptors (Lipinski definition) is 2. The number of carbonyl (C=O) groups is 1. The van der Waals surface area contributed by atoms with E-state index in [9.17, 15) is 4.79 Å². The highest BCUT2D eigenvalue weighted by atomic mass is 16.1. The lowest BCUT2D eigenvalue weighted by Crippen LogP contribution is -2.29. The van der Waals surface area contributed by atoms with Crippen molar-refractivity contribution >= 4 is 11.4 Å². The molecule has 1 saturated heterocycles. The summed E-state index contributed by atoms with van der Waals surface area (Å²) < 4.78 is 0. The van der Waals surface area contributed by atoms with Crippen LogP contribution in [0.15, 0.2) is 66.4 Å². The Bertz CT molecular complexity index is 883. The molecule has 0 spiro atoms. The molecule has 0 atom stereocenters. The fourth-order valence-corrected chi connectivity index (χ4v) is 4.16. The number of piperidine rings is 1. The standard InChI is InChI=1S/C25H27NO/c1-2-19-10-12-20(13-11-19)25(27)15-14-23-22-9-5-4-8-21(22)18-24(23)26-16-6-3-7-17-26/h4-5,8-15H,2-3,6-7,16-18H2,1H3. The van der Waals surface area contributed by atoms with E-state index in [1.807, 2.05) is 30.3 Å². The molecule has 0 amide bonds. The third-order valence-corrected chi connectivity index (χ3v) is 5.76. The molecule has 2 nitrogen and oxygen atoms in total. The summed E-state index contributed by atoms with van der Waals surface area (Å²) in [5.74, 6) is 0.0764. The van der Waals surface area contributed by atoms with Crippen molar-refractivity contribution in [3.05, 3.63) is 88.6 Å². The zero-order valence-electron chi connectivity index (χ0n) is 16.1. The van der Waals surface area contributed by atoms with Gasteiger partial charge in [0.2, 0.25) is 0 Å². The lowest BCUT2D eigenvalue weighted by atomic mass is 10.0. The molecule has 4 rings (SSSR count). The van der Waals surface area contributed by atoms with Gasteiger partial charge < -0.3 is 4.90 Å². The van der Waals surface area contributed by atoms with Gasteiger partial charge in [-0.15, -0.1) is 0 Å². The number of benzene rings is 2. The zero-order chi connectivity index (χ0) is 18.6.